The molecule has 0 aliphatic heterocycles. The van der Waals surface area contributed by atoms with E-state index < -0.39 is 0 Å². The van der Waals surface area contributed by atoms with Gasteiger partial charge in [-0.15, -0.1) is 0 Å². The number of thiocarbonyl (C=S) groups is 1. The van der Waals surface area contributed by atoms with Gasteiger partial charge in [-0.3, -0.25) is 15.6 Å². The second kappa shape index (κ2) is 7.58. The van der Waals surface area contributed by atoms with Crippen molar-refractivity contribution in [1.82, 2.24) is 16.2 Å². The Balaban J connectivity index is 2.65. The van der Waals surface area contributed by atoms with E-state index >= 15 is 0 Å². The maximum Gasteiger partial charge on any atom is 0.269 e. The number of nitrogens with zero attached hydrogens (tertiary/aromatic N) is 1. The van der Waals surface area contributed by atoms with Crippen molar-refractivity contribution in [2.24, 2.45) is 0 Å². The van der Waals surface area contributed by atoms with E-state index in [4.69, 9.17) is 12.2 Å². The van der Waals surface area contributed by atoms with Crippen LogP contribution in [0.4, 0.5) is 5.69 Å². The molecule has 0 heterocycles. The molecule has 0 fully saturated rings. The number of rotatable bonds is 4. The summed E-state index contributed by atoms with van der Waals surface area (Å²) < 4.78 is 0. The molecule has 1 aromatic rings. The van der Waals surface area contributed by atoms with E-state index in [0.717, 1.165) is 18.8 Å². The fourth-order valence-electron chi connectivity index (χ4n) is 1.66. The zero-order valence-corrected chi connectivity index (χ0v) is 12.3. The highest BCUT2D eigenvalue weighted by molar-refractivity contribution is 7.80. The Morgan fingerprint density at radius 1 is 1.16 bits per heavy atom. The summed E-state index contributed by atoms with van der Waals surface area (Å²) in [7, 11) is 1.68. The Hall–Kier alpha value is -1.82. The fraction of sp³-hybridized carbons (Fsp3) is 0.385. The number of hydrogen-bond acceptors (Lipinski definition) is 3. The van der Waals surface area contributed by atoms with Crippen molar-refractivity contribution in [2.45, 2.75) is 13.8 Å². The average molecular weight is 280 g/mol. The Morgan fingerprint density at radius 2 is 1.74 bits per heavy atom. The minimum atomic E-state index is -0.219. The predicted molar refractivity (Wildman–Crippen MR) is 82.3 cm³/mol. The van der Waals surface area contributed by atoms with E-state index in [-0.39, 0.29) is 5.91 Å². The molecule has 104 valence electrons. The second-order valence-corrected chi connectivity index (χ2v) is 4.29. The van der Waals surface area contributed by atoms with E-state index in [0.29, 0.717) is 10.7 Å². The molecule has 0 aliphatic rings. The summed E-state index contributed by atoms with van der Waals surface area (Å²) in [5.41, 5.74) is 6.82. The summed E-state index contributed by atoms with van der Waals surface area (Å²) in [5.74, 6) is -0.219. The van der Waals surface area contributed by atoms with Gasteiger partial charge < -0.3 is 10.2 Å². The summed E-state index contributed by atoms with van der Waals surface area (Å²) in [6.07, 6.45) is 0. The van der Waals surface area contributed by atoms with Crippen LogP contribution in [0.1, 0.15) is 24.2 Å². The molecule has 1 aromatic carbocycles. The quantitative estimate of drug-likeness (QED) is 0.573. The summed E-state index contributed by atoms with van der Waals surface area (Å²) in [4.78, 5) is 14.0. The van der Waals surface area contributed by atoms with Crippen LogP contribution in [0, 0.1) is 0 Å². The van der Waals surface area contributed by atoms with Crippen molar-refractivity contribution in [2.75, 3.05) is 25.0 Å². The zero-order valence-electron chi connectivity index (χ0n) is 11.5. The molecule has 1 amide bonds. The summed E-state index contributed by atoms with van der Waals surface area (Å²) in [5, 5.41) is 3.08. The van der Waals surface area contributed by atoms with Gasteiger partial charge in [-0.2, -0.15) is 0 Å². The molecular weight excluding hydrogens is 260 g/mol. The first-order valence-corrected chi connectivity index (χ1v) is 6.66. The molecule has 5 nitrogen and oxygen atoms in total. The van der Waals surface area contributed by atoms with E-state index in [1.54, 1.807) is 19.2 Å². The van der Waals surface area contributed by atoms with Crippen LogP contribution in [0.2, 0.25) is 0 Å². The second-order valence-electron chi connectivity index (χ2n) is 3.88. The number of carbonyl (C=O) groups is 1. The Morgan fingerprint density at radius 3 is 2.21 bits per heavy atom. The number of carbonyl (C=O) groups excluding carboxylic acids is 1. The molecule has 0 radical (unpaired) electrons. The first-order valence-electron chi connectivity index (χ1n) is 6.25. The molecule has 0 saturated heterocycles. The maximum absolute atomic E-state index is 11.8. The van der Waals surface area contributed by atoms with Crippen LogP contribution < -0.4 is 21.1 Å². The lowest BCUT2D eigenvalue weighted by Gasteiger charge is -2.21. The lowest BCUT2D eigenvalue weighted by atomic mass is 10.2. The van der Waals surface area contributed by atoms with Crippen molar-refractivity contribution in [1.29, 1.82) is 0 Å². The van der Waals surface area contributed by atoms with Crippen LogP contribution in [0.5, 0.6) is 0 Å². The largest absolute Gasteiger partial charge is 0.372 e. The minimum absolute atomic E-state index is 0.219. The van der Waals surface area contributed by atoms with Crippen LogP contribution in [0.25, 0.3) is 0 Å². The number of anilines is 1. The topological polar surface area (TPSA) is 56.4 Å². The molecule has 19 heavy (non-hydrogen) atoms. The highest BCUT2D eigenvalue weighted by Gasteiger charge is 2.07. The summed E-state index contributed by atoms with van der Waals surface area (Å²) in [6.45, 7) is 6.10. The van der Waals surface area contributed by atoms with Gasteiger partial charge in [0.05, 0.1) is 0 Å². The molecule has 0 saturated carbocycles. The molecule has 0 bridgehead atoms. The van der Waals surface area contributed by atoms with Gasteiger partial charge in [-0.05, 0) is 50.3 Å². The monoisotopic (exact) mass is 280 g/mol. The van der Waals surface area contributed by atoms with Crippen LogP contribution in [-0.4, -0.2) is 31.2 Å². The first kappa shape index (κ1) is 15.2. The third kappa shape index (κ3) is 4.40. The predicted octanol–water partition coefficient (Wildman–Crippen LogP) is 1.27. The lowest BCUT2D eigenvalue weighted by molar-refractivity contribution is 0.0944. The van der Waals surface area contributed by atoms with Gasteiger partial charge >= 0.3 is 0 Å². The number of amides is 1. The molecule has 3 N–H and O–H groups in total. The molecular formula is C13H20N4OS. The van der Waals surface area contributed by atoms with Gasteiger partial charge in [0, 0.05) is 31.4 Å². The van der Waals surface area contributed by atoms with Gasteiger partial charge in [-0.25, -0.2) is 0 Å². The first-order chi connectivity index (χ1) is 9.12. The molecule has 6 heteroatoms. The van der Waals surface area contributed by atoms with Crippen LogP contribution in [0.15, 0.2) is 24.3 Å². The maximum atomic E-state index is 11.8. The third-order valence-electron chi connectivity index (χ3n) is 2.77. The standard InChI is InChI=1S/C13H20N4OS/c1-4-17(5-2)11-8-6-10(7-9-11)12(18)15-16-13(19)14-3/h6-9H,4-5H2,1-3H3,(H,15,18)(H2,14,16,19). The van der Waals surface area contributed by atoms with E-state index in [1.165, 1.54) is 0 Å². The summed E-state index contributed by atoms with van der Waals surface area (Å²) >= 11 is 4.87. The molecule has 1 rings (SSSR count). The molecule has 0 spiro atoms. The van der Waals surface area contributed by atoms with Gasteiger partial charge in [0.15, 0.2) is 5.11 Å². The molecule has 0 atom stereocenters. The van der Waals surface area contributed by atoms with Gasteiger partial charge in [0.25, 0.3) is 5.91 Å². The molecule has 0 unspecified atom stereocenters. The Kier molecular flexibility index (Phi) is 6.08. The zero-order chi connectivity index (χ0) is 14.3. The molecule has 0 aliphatic carbocycles. The average Bonchev–Trinajstić information content (AvgIpc) is 2.46. The Bertz CT molecular complexity index is 429. The van der Waals surface area contributed by atoms with E-state index in [2.05, 4.69) is 34.9 Å². The Labute approximate surface area is 119 Å². The van der Waals surface area contributed by atoms with Crippen molar-refractivity contribution in [3.05, 3.63) is 29.8 Å². The van der Waals surface area contributed by atoms with Gasteiger partial charge in [-0.1, -0.05) is 0 Å². The van der Waals surface area contributed by atoms with E-state index in [1.807, 2.05) is 12.1 Å². The number of nitrogens with one attached hydrogen (secondary N) is 3. The highest BCUT2D eigenvalue weighted by atomic mass is 32.1. The van der Waals surface area contributed by atoms with Crippen LogP contribution in [-0.2, 0) is 0 Å². The van der Waals surface area contributed by atoms with Crippen molar-refractivity contribution < 1.29 is 4.79 Å². The van der Waals surface area contributed by atoms with Crippen molar-refractivity contribution >= 4 is 28.9 Å². The van der Waals surface area contributed by atoms with Crippen LogP contribution >= 0.6 is 12.2 Å². The van der Waals surface area contributed by atoms with Gasteiger partial charge in [0.2, 0.25) is 0 Å². The van der Waals surface area contributed by atoms with Crippen molar-refractivity contribution in [3.63, 3.8) is 0 Å². The number of benzene rings is 1. The number of hydrogen-bond donors (Lipinski definition) is 3. The van der Waals surface area contributed by atoms with Crippen LogP contribution in [0.3, 0.4) is 0 Å². The summed E-state index contributed by atoms with van der Waals surface area (Å²) in [6, 6.07) is 7.48. The van der Waals surface area contributed by atoms with Crippen molar-refractivity contribution in [3.8, 4) is 0 Å². The van der Waals surface area contributed by atoms with E-state index in [9.17, 15) is 4.79 Å². The fourth-order valence-corrected chi connectivity index (χ4v) is 1.71. The SMILES string of the molecule is CCN(CC)c1ccc(C(=O)NNC(=S)NC)cc1. The number of hydrazine groups is 1. The third-order valence-corrected chi connectivity index (χ3v) is 3.08. The highest BCUT2D eigenvalue weighted by Crippen LogP contribution is 2.14. The lowest BCUT2D eigenvalue weighted by Crippen LogP contribution is -2.45. The normalized spacial score (nSPS) is 9.63. The molecule has 0 aromatic heterocycles. The minimum Gasteiger partial charge on any atom is -0.372 e. The smallest absolute Gasteiger partial charge is 0.269 e. The van der Waals surface area contributed by atoms with Gasteiger partial charge in [0.1, 0.15) is 0 Å².